The van der Waals surface area contributed by atoms with Crippen molar-refractivity contribution in [2.24, 2.45) is 0 Å². The van der Waals surface area contributed by atoms with Gasteiger partial charge in [0, 0.05) is 76.3 Å². The van der Waals surface area contributed by atoms with E-state index in [1.807, 2.05) is 48.8 Å². The van der Waals surface area contributed by atoms with Crippen molar-refractivity contribution in [3.8, 4) is 0 Å². The summed E-state index contributed by atoms with van der Waals surface area (Å²) in [5.41, 5.74) is 4.15. The normalized spacial score (nSPS) is 13.2. The molecule has 0 fully saturated rings. The van der Waals surface area contributed by atoms with Gasteiger partial charge < -0.3 is 25.1 Å². The summed E-state index contributed by atoms with van der Waals surface area (Å²) in [6, 6.07) is 16.8. The first-order chi connectivity index (χ1) is 21.8. The quantitative estimate of drug-likeness (QED) is 0.106. The molecule has 2 atom stereocenters. The highest BCUT2D eigenvalue weighted by atomic mass is 35.5. The van der Waals surface area contributed by atoms with Crippen LogP contribution in [0.1, 0.15) is 53.4 Å². The zero-order valence-electron chi connectivity index (χ0n) is 27.4. The molecule has 244 valence electrons. The van der Waals surface area contributed by atoms with Gasteiger partial charge in [-0.25, -0.2) is 0 Å². The van der Waals surface area contributed by atoms with Crippen LogP contribution < -0.4 is 10.2 Å². The van der Waals surface area contributed by atoms with Gasteiger partial charge in [0.25, 0.3) is 0 Å². The Morgan fingerprint density at radius 1 is 0.733 bits per heavy atom. The lowest BCUT2D eigenvalue weighted by atomic mass is 10.1. The third kappa shape index (κ3) is 10.2. The van der Waals surface area contributed by atoms with Crippen molar-refractivity contribution >= 4 is 56.4 Å². The summed E-state index contributed by atoms with van der Waals surface area (Å²) >= 11 is 12.5. The van der Waals surface area contributed by atoms with Crippen LogP contribution in [0.15, 0.2) is 60.9 Å². The number of likely N-dealkylation sites (N-methyl/N-ethyl adjacent to an activating group) is 2. The van der Waals surface area contributed by atoms with E-state index in [1.165, 1.54) is 5.69 Å². The minimum atomic E-state index is 0.207. The number of pyridine rings is 2. The predicted molar refractivity (Wildman–Crippen MR) is 193 cm³/mol. The number of rotatable bonds is 19. The maximum atomic E-state index is 9.40. The van der Waals surface area contributed by atoms with Crippen LogP contribution in [0.2, 0.25) is 10.0 Å². The Bertz CT molecular complexity index is 1490. The van der Waals surface area contributed by atoms with Crippen molar-refractivity contribution in [1.29, 1.82) is 0 Å². The third-order valence-electron chi connectivity index (χ3n) is 8.81. The standard InChI is InChI=1S/C36H50Cl2N6O/c1-5-42(19-7-9-27(3)41-33-15-17-39-34-25-29(37)11-13-31(33)34)21-22-44(28(4)10-8-20-43(6-2)23-24-45)36-16-18-40-35-26-30(38)12-14-32(35)36/h11-18,25-28,45H,5-10,19-24H2,1-4H3,(H,39,41). The smallest absolute Gasteiger partial charge is 0.0737 e. The topological polar surface area (TPSA) is 67.8 Å². The molecular weight excluding hydrogens is 603 g/mol. The number of anilines is 2. The summed E-state index contributed by atoms with van der Waals surface area (Å²) in [5.74, 6) is 0. The number of hydrogen-bond acceptors (Lipinski definition) is 7. The molecule has 0 aliphatic carbocycles. The Labute approximate surface area is 279 Å². The molecular formula is C36H50Cl2N6O. The van der Waals surface area contributed by atoms with Crippen LogP contribution >= 0.6 is 23.2 Å². The van der Waals surface area contributed by atoms with Crippen LogP contribution in [0.4, 0.5) is 11.4 Å². The van der Waals surface area contributed by atoms with Crippen molar-refractivity contribution in [2.45, 2.75) is 65.5 Å². The molecule has 2 heterocycles. The van der Waals surface area contributed by atoms with E-state index in [1.54, 1.807) is 0 Å². The van der Waals surface area contributed by atoms with Gasteiger partial charge in [-0.2, -0.15) is 0 Å². The highest BCUT2D eigenvalue weighted by Crippen LogP contribution is 2.30. The molecule has 9 heteroatoms. The number of nitrogens with zero attached hydrogens (tertiary/aromatic N) is 5. The van der Waals surface area contributed by atoms with E-state index in [0.717, 1.165) is 99.0 Å². The van der Waals surface area contributed by atoms with E-state index >= 15 is 0 Å². The van der Waals surface area contributed by atoms with Gasteiger partial charge in [0.15, 0.2) is 0 Å². The van der Waals surface area contributed by atoms with Gasteiger partial charge in [0.2, 0.25) is 0 Å². The Kier molecular flexibility index (Phi) is 14.0. The van der Waals surface area contributed by atoms with Crippen LogP contribution in [0.5, 0.6) is 0 Å². The molecule has 0 saturated carbocycles. The van der Waals surface area contributed by atoms with Crippen molar-refractivity contribution in [3.05, 3.63) is 71.0 Å². The molecule has 0 amide bonds. The van der Waals surface area contributed by atoms with Crippen LogP contribution in [0.3, 0.4) is 0 Å². The number of fused-ring (bicyclic) bond motifs is 2. The fourth-order valence-electron chi connectivity index (χ4n) is 6.15. The number of aliphatic hydroxyl groups excluding tert-OH is 1. The lowest BCUT2D eigenvalue weighted by Gasteiger charge is -2.35. The highest BCUT2D eigenvalue weighted by Gasteiger charge is 2.19. The second-order valence-electron chi connectivity index (χ2n) is 12.0. The molecule has 2 aromatic carbocycles. The Morgan fingerprint density at radius 2 is 1.33 bits per heavy atom. The fourth-order valence-corrected chi connectivity index (χ4v) is 6.49. The lowest BCUT2D eigenvalue weighted by molar-refractivity contribution is 0.198. The van der Waals surface area contributed by atoms with Gasteiger partial charge in [-0.05, 0) is 114 Å². The van der Waals surface area contributed by atoms with E-state index < -0.39 is 0 Å². The molecule has 0 saturated heterocycles. The van der Waals surface area contributed by atoms with Gasteiger partial charge in [-0.15, -0.1) is 0 Å². The van der Waals surface area contributed by atoms with E-state index in [-0.39, 0.29) is 6.61 Å². The Hall–Kier alpha value is -2.68. The summed E-state index contributed by atoms with van der Waals surface area (Å²) in [4.78, 5) is 16.5. The Morgan fingerprint density at radius 3 is 2.00 bits per heavy atom. The summed E-state index contributed by atoms with van der Waals surface area (Å²) in [7, 11) is 0. The minimum absolute atomic E-state index is 0.207. The first-order valence-corrected chi connectivity index (χ1v) is 17.3. The molecule has 2 N–H and O–H groups in total. The van der Waals surface area contributed by atoms with E-state index in [0.29, 0.717) is 22.1 Å². The van der Waals surface area contributed by atoms with E-state index in [4.69, 9.17) is 23.2 Å². The molecule has 2 unspecified atom stereocenters. The zero-order chi connectivity index (χ0) is 32.2. The number of hydrogen-bond donors (Lipinski definition) is 2. The molecule has 0 bridgehead atoms. The molecule has 0 aliphatic rings. The van der Waals surface area contributed by atoms with Gasteiger partial charge in [0.1, 0.15) is 0 Å². The molecule has 7 nitrogen and oxygen atoms in total. The van der Waals surface area contributed by atoms with Gasteiger partial charge in [-0.3, -0.25) is 9.97 Å². The summed E-state index contributed by atoms with van der Waals surface area (Å²) in [6.45, 7) is 15.9. The maximum absolute atomic E-state index is 9.40. The summed E-state index contributed by atoms with van der Waals surface area (Å²) < 4.78 is 0. The number of halogens is 2. The van der Waals surface area contributed by atoms with Gasteiger partial charge in [-0.1, -0.05) is 37.0 Å². The zero-order valence-corrected chi connectivity index (χ0v) is 28.9. The monoisotopic (exact) mass is 652 g/mol. The van der Waals surface area contributed by atoms with Crippen LogP contribution in [-0.4, -0.2) is 89.4 Å². The molecule has 4 rings (SSSR count). The first kappa shape index (κ1) is 35.2. The number of aliphatic hydroxyl groups is 1. The third-order valence-corrected chi connectivity index (χ3v) is 9.28. The van der Waals surface area contributed by atoms with Crippen LogP contribution in [-0.2, 0) is 0 Å². The van der Waals surface area contributed by atoms with Crippen molar-refractivity contribution in [1.82, 2.24) is 19.8 Å². The van der Waals surface area contributed by atoms with Crippen molar-refractivity contribution in [3.63, 3.8) is 0 Å². The SMILES string of the molecule is CCN(CCO)CCCC(C)N(CCN(CC)CCCC(C)Nc1ccnc2cc(Cl)ccc12)c1ccnc2cc(Cl)ccc12. The highest BCUT2D eigenvalue weighted by molar-refractivity contribution is 6.31. The van der Waals surface area contributed by atoms with Crippen molar-refractivity contribution < 1.29 is 5.11 Å². The lowest BCUT2D eigenvalue weighted by Crippen LogP contribution is -2.41. The number of benzene rings is 2. The molecule has 0 radical (unpaired) electrons. The second-order valence-corrected chi connectivity index (χ2v) is 12.8. The maximum Gasteiger partial charge on any atom is 0.0737 e. The molecule has 4 aromatic rings. The largest absolute Gasteiger partial charge is 0.395 e. The Balaban J connectivity index is 1.37. The predicted octanol–water partition coefficient (Wildman–Crippen LogP) is 7.98. The first-order valence-electron chi connectivity index (χ1n) is 16.5. The van der Waals surface area contributed by atoms with E-state index in [9.17, 15) is 5.11 Å². The van der Waals surface area contributed by atoms with Gasteiger partial charge in [0.05, 0.1) is 17.6 Å². The minimum Gasteiger partial charge on any atom is -0.395 e. The molecule has 45 heavy (non-hydrogen) atoms. The van der Waals surface area contributed by atoms with Gasteiger partial charge >= 0.3 is 0 Å². The van der Waals surface area contributed by atoms with E-state index in [2.05, 4.69) is 69.8 Å². The molecule has 2 aromatic heterocycles. The average molecular weight is 654 g/mol. The number of aromatic nitrogens is 2. The molecule has 0 spiro atoms. The molecule has 0 aliphatic heterocycles. The second kappa shape index (κ2) is 17.9. The average Bonchev–Trinajstić information content (AvgIpc) is 3.03. The fraction of sp³-hybridized carbons (Fsp3) is 0.500. The summed E-state index contributed by atoms with van der Waals surface area (Å²) in [5, 5.41) is 16.7. The summed E-state index contributed by atoms with van der Waals surface area (Å²) in [6.07, 6.45) is 8.09. The van der Waals surface area contributed by atoms with Crippen LogP contribution in [0, 0.1) is 0 Å². The number of nitrogens with one attached hydrogen (secondary N) is 1. The van der Waals surface area contributed by atoms with Crippen molar-refractivity contribution in [2.75, 3.05) is 62.6 Å². The van der Waals surface area contributed by atoms with Crippen LogP contribution in [0.25, 0.3) is 21.8 Å².